The van der Waals surface area contributed by atoms with Crippen molar-refractivity contribution in [3.8, 4) is 11.5 Å². The quantitative estimate of drug-likeness (QED) is 0.727. The van der Waals surface area contributed by atoms with Crippen molar-refractivity contribution in [3.63, 3.8) is 0 Å². The Balaban J connectivity index is 1.77. The molecule has 7 nitrogen and oxygen atoms in total. The van der Waals surface area contributed by atoms with Gasteiger partial charge in [0, 0.05) is 25.2 Å². The summed E-state index contributed by atoms with van der Waals surface area (Å²) in [4.78, 5) is 13.0. The topological polar surface area (TPSA) is 84.9 Å². The lowest BCUT2D eigenvalue weighted by molar-refractivity contribution is 0.0950. The molecule has 2 aromatic carbocycles. The van der Waals surface area contributed by atoms with E-state index in [9.17, 15) is 13.2 Å². The minimum atomic E-state index is -3.60. The zero-order valence-electron chi connectivity index (χ0n) is 17.6. The standard InChI is InChI=1S/C22H28N2O5S/c1-16-7-9-18(30(26,27)24-11-5-4-6-12-24)14-19(16)22(25)23-15-17-8-10-20(28-2)21(13-17)29-3/h7-10,13-14H,4-6,11-12,15H2,1-3H3,(H,23,25). The van der Waals surface area contributed by atoms with Gasteiger partial charge in [0.2, 0.25) is 10.0 Å². The lowest BCUT2D eigenvalue weighted by atomic mass is 10.1. The maximum Gasteiger partial charge on any atom is 0.251 e. The minimum absolute atomic E-state index is 0.159. The molecule has 0 radical (unpaired) electrons. The summed E-state index contributed by atoms with van der Waals surface area (Å²) >= 11 is 0. The normalized spacial score (nSPS) is 14.9. The fourth-order valence-electron chi connectivity index (χ4n) is 3.53. The van der Waals surface area contributed by atoms with E-state index < -0.39 is 10.0 Å². The number of hydrogen-bond acceptors (Lipinski definition) is 5. The molecule has 0 saturated carbocycles. The number of carbonyl (C=O) groups excluding carboxylic acids is 1. The average molecular weight is 433 g/mol. The summed E-state index contributed by atoms with van der Waals surface area (Å²) in [6, 6.07) is 10.1. The van der Waals surface area contributed by atoms with E-state index in [-0.39, 0.29) is 17.3 Å². The molecule has 0 aromatic heterocycles. The van der Waals surface area contributed by atoms with E-state index in [2.05, 4.69) is 5.32 Å². The third kappa shape index (κ3) is 4.76. The van der Waals surface area contributed by atoms with Crippen LogP contribution in [0.15, 0.2) is 41.3 Å². The molecular weight excluding hydrogens is 404 g/mol. The van der Waals surface area contributed by atoms with E-state index in [0.29, 0.717) is 30.2 Å². The monoisotopic (exact) mass is 432 g/mol. The maximum absolute atomic E-state index is 13.0. The number of ether oxygens (including phenoxy) is 2. The lowest BCUT2D eigenvalue weighted by Gasteiger charge is -2.26. The molecule has 1 saturated heterocycles. The average Bonchev–Trinajstić information content (AvgIpc) is 2.77. The molecule has 30 heavy (non-hydrogen) atoms. The smallest absolute Gasteiger partial charge is 0.251 e. The van der Waals surface area contributed by atoms with E-state index in [0.717, 1.165) is 30.4 Å². The molecule has 0 spiro atoms. The van der Waals surface area contributed by atoms with Gasteiger partial charge in [-0.25, -0.2) is 8.42 Å². The predicted molar refractivity (Wildman–Crippen MR) is 115 cm³/mol. The molecule has 1 N–H and O–H groups in total. The molecule has 1 fully saturated rings. The zero-order valence-corrected chi connectivity index (χ0v) is 18.4. The summed E-state index contributed by atoms with van der Waals surface area (Å²) in [6.07, 6.45) is 2.78. The number of rotatable bonds is 7. The van der Waals surface area contributed by atoms with Crippen molar-refractivity contribution in [2.75, 3.05) is 27.3 Å². The van der Waals surface area contributed by atoms with Gasteiger partial charge in [-0.05, 0) is 55.2 Å². The fraction of sp³-hybridized carbons (Fsp3) is 0.409. The second kappa shape index (κ2) is 9.49. The molecule has 1 heterocycles. The van der Waals surface area contributed by atoms with Crippen molar-refractivity contribution in [1.29, 1.82) is 0 Å². The fourth-order valence-corrected chi connectivity index (χ4v) is 5.07. The summed E-state index contributed by atoms with van der Waals surface area (Å²) in [5.41, 5.74) is 1.92. The summed E-state index contributed by atoms with van der Waals surface area (Å²) in [5.74, 6) is 0.868. The van der Waals surface area contributed by atoms with Gasteiger partial charge in [0.15, 0.2) is 11.5 Å². The second-order valence-corrected chi connectivity index (χ2v) is 9.25. The van der Waals surface area contributed by atoms with Crippen LogP contribution in [-0.4, -0.2) is 45.9 Å². The van der Waals surface area contributed by atoms with Crippen LogP contribution < -0.4 is 14.8 Å². The van der Waals surface area contributed by atoms with Crippen molar-refractivity contribution < 1.29 is 22.7 Å². The largest absolute Gasteiger partial charge is 0.493 e. The molecule has 0 aliphatic carbocycles. The Kier molecular flexibility index (Phi) is 6.99. The number of hydrogen-bond donors (Lipinski definition) is 1. The molecule has 3 rings (SSSR count). The number of sulfonamides is 1. The van der Waals surface area contributed by atoms with Crippen LogP contribution in [0.5, 0.6) is 11.5 Å². The van der Waals surface area contributed by atoms with Gasteiger partial charge >= 0.3 is 0 Å². The molecule has 2 aromatic rings. The Labute approximate surface area is 178 Å². The Morgan fingerprint density at radius 1 is 1.00 bits per heavy atom. The molecule has 0 atom stereocenters. The van der Waals surface area contributed by atoms with Gasteiger partial charge in [0.1, 0.15) is 0 Å². The highest BCUT2D eigenvalue weighted by Gasteiger charge is 2.27. The lowest BCUT2D eigenvalue weighted by Crippen LogP contribution is -2.35. The Morgan fingerprint density at radius 2 is 1.70 bits per heavy atom. The number of piperidine rings is 1. The maximum atomic E-state index is 13.0. The first-order chi connectivity index (χ1) is 14.4. The van der Waals surface area contributed by atoms with E-state index in [1.807, 2.05) is 6.07 Å². The summed E-state index contributed by atoms with van der Waals surface area (Å²) < 4.78 is 37.9. The third-order valence-corrected chi connectivity index (χ3v) is 7.20. The molecule has 162 valence electrons. The van der Waals surface area contributed by atoms with E-state index in [4.69, 9.17) is 9.47 Å². The first kappa shape index (κ1) is 22.1. The minimum Gasteiger partial charge on any atom is -0.493 e. The summed E-state index contributed by atoms with van der Waals surface area (Å²) in [5, 5.41) is 2.86. The van der Waals surface area contributed by atoms with Crippen molar-refractivity contribution in [2.24, 2.45) is 0 Å². The zero-order chi connectivity index (χ0) is 21.7. The summed E-state index contributed by atoms with van der Waals surface area (Å²) in [6.45, 7) is 3.12. The number of methoxy groups -OCH3 is 2. The van der Waals surface area contributed by atoms with Crippen LogP contribution >= 0.6 is 0 Å². The van der Waals surface area contributed by atoms with Crippen LogP contribution in [-0.2, 0) is 16.6 Å². The van der Waals surface area contributed by atoms with Crippen molar-refractivity contribution in [2.45, 2.75) is 37.6 Å². The van der Waals surface area contributed by atoms with Crippen LogP contribution in [0.1, 0.15) is 40.7 Å². The molecule has 0 unspecified atom stereocenters. The van der Waals surface area contributed by atoms with Crippen LogP contribution in [0.25, 0.3) is 0 Å². The number of benzene rings is 2. The Bertz CT molecular complexity index is 1010. The van der Waals surface area contributed by atoms with Gasteiger partial charge in [-0.15, -0.1) is 0 Å². The van der Waals surface area contributed by atoms with Gasteiger partial charge in [0.05, 0.1) is 19.1 Å². The molecule has 1 aliphatic heterocycles. The van der Waals surface area contributed by atoms with Crippen LogP contribution in [0, 0.1) is 6.92 Å². The van der Waals surface area contributed by atoms with Gasteiger partial charge in [0.25, 0.3) is 5.91 Å². The second-order valence-electron chi connectivity index (χ2n) is 7.31. The number of aryl methyl sites for hydroxylation is 1. The van der Waals surface area contributed by atoms with E-state index in [1.54, 1.807) is 45.4 Å². The van der Waals surface area contributed by atoms with Gasteiger partial charge in [-0.1, -0.05) is 18.6 Å². The van der Waals surface area contributed by atoms with Crippen LogP contribution in [0.3, 0.4) is 0 Å². The molecule has 0 bridgehead atoms. The first-order valence-electron chi connectivity index (χ1n) is 9.96. The first-order valence-corrected chi connectivity index (χ1v) is 11.4. The molecule has 1 amide bonds. The Morgan fingerprint density at radius 3 is 2.37 bits per heavy atom. The molecule has 8 heteroatoms. The van der Waals surface area contributed by atoms with Gasteiger partial charge in [-0.3, -0.25) is 4.79 Å². The highest BCUT2D eigenvalue weighted by atomic mass is 32.2. The van der Waals surface area contributed by atoms with E-state index in [1.165, 1.54) is 10.4 Å². The highest BCUT2D eigenvalue weighted by molar-refractivity contribution is 7.89. The molecular formula is C22H28N2O5S. The summed E-state index contributed by atoms with van der Waals surface area (Å²) in [7, 11) is -0.480. The number of nitrogens with zero attached hydrogens (tertiary/aromatic N) is 1. The van der Waals surface area contributed by atoms with Crippen LogP contribution in [0.2, 0.25) is 0 Å². The predicted octanol–water partition coefficient (Wildman–Crippen LogP) is 3.12. The van der Waals surface area contributed by atoms with Gasteiger partial charge in [-0.2, -0.15) is 4.31 Å². The number of carbonyl (C=O) groups is 1. The van der Waals surface area contributed by atoms with Crippen molar-refractivity contribution in [3.05, 3.63) is 53.1 Å². The SMILES string of the molecule is COc1ccc(CNC(=O)c2cc(S(=O)(=O)N3CCCCC3)ccc2C)cc1OC. The Hall–Kier alpha value is -2.58. The third-order valence-electron chi connectivity index (χ3n) is 5.31. The van der Waals surface area contributed by atoms with Crippen molar-refractivity contribution >= 4 is 15.9 Å². The number of amides is 1. The molecule has 1 aliphatic rings. The van der Waals surface area contributed by atoms with Crippen LogP contribution in [0.4, 0.5) is 0 Å². The highest BCUT2D eigenvalue weighted by Crippen LogP contribution is 2.27. The van der Waals surface area contributed by atoms with Gasteiger partial charge < -0.3 is 14.8 Å². The number of nitrogens with one attached hydrogen (secondary N) is 1. The van der Waals surface area contributed by atoms with Crippen molar-refractivity contribution in [1.82, 2.24) is 9.62 Å². The van der Waals surface area contributed by atoms with E-state index >= 15 is 0 Å².